The monoisotopic (exact) mass is 329 g/mol. The third-order valence-electron chi connectivity index (χ3n) is 6.10. The van der Waals surface area contributed by atoms with Crippen LogP contribution in [0.25, 0.3) is 10.8 Å². The Balaban J connectivity index is 1.87. The first-order valence-corrected chi connectivity index (χ1v) is 9.45. The second kappa shape index (κ2) is 6.22. The Labute approximate surface area is 151 Å². The number of hydrogen-bond acceptors (Lipinski definition) is 1. The Kier molecular flexibility index (Phi) is 4.03. The zero-order valence-corrected chi connectivity index (χ0v) is 15.7. The van der Waals surface area contributed by atoms with Crippen LogP contribution in [0.4, 0.5) is 11.4 Å². The first-order valence-electron chi connectivity index (χ1n) is 9.45. The van der Waals surface area contributed by atoms with Crippen LogP contribution in [0, 0.1) is 20.8 Å². The minimum Gasteiger partial charge on any atom is -0.355 e. The summed E-state index contributed by atoms with van der Waals surface area (Å²) in [6.45, 7) is 9.28. The van der Waals surface area contributed by atoms with Crippen LogP contribution in [-0.2, 0) is 6.42 Å². The molecule has 1 unspecified atom stereocenters. The fourth-order valence-corrected chi connectivity index (χ4v) is 4.63. The molecule has 0 saturated carbocycles. The lowest BCUT2D eigenvalue weighted by Crippen LogP contribution is -2.14. The largest absolute Gasteiger partial charge is 0.355 e. The molecule has 1 atom stereocenters. The van der Waals surface area contributed by atoms with E-state index in [1.807, 2.05) is 0 Å². The first-order chi connectivity index (χ1) is 12.1. The van der Waals surface area contributed by atoms with E-state index in [0.717, 1.165) is 0 Å². The molecule has 1 N–H and O–H groups in total. The molecule has 4 rings (SSSR count). The normalized spacial score (nSPS) is 16.7. The summed E-state index contributed by atoms with van der Waals surface area (Å²) in [4.78, 5) is 0. The molecule has 1 aliphatic carbocycles. The molecule has 1 heteroatoms. The van der Waals surface area contributed by atoms with Crippen LogP contribution < -0.4 is 5.32 Å². The lowest BCUT2D eigenvalue weighted by molar-refractivity contribution is 0.584. The maximum Gasteiger partial charge on any atom is 0.0464 e. The Hall–Kier alpha value is -2.28. The molecule has 3 aromatic rings. The molecule has 1 aliphatic rings. The minimum absolute atomic E-state index is 0.688. The van der Waals surface area contributed by atoms with E-state index < -0.39 is 0 Å². The Bertz CT molecular complexity index is 947. The molecular formula is C24H27N. The van der Waals surface area contributed by atoms with Gasteiger partial charge in [-0.25, -0.2) is 0 Å². The van der Waals surface area contributed by atoms with E-state index in [4.69, 9.17) is 0 Å². The van der Waals surface area contributed by atoms with Crippen molar-refractivity contribution in [2.75, 3.05) is 5.32 Å². The van der Waals surface area contributed by atoms with Crippen LogP contribution in [0.2, 0.25) is 0 Å². The van der Waals surface area contributed by atoms with Gasteiger partial charge in [-0.1, -0.05) is 43.3 Å². The third kappa shape index (κ3) is 2.63. The summed E-state index contributed by atoms with van der Waals surface area (Å²) in [6.07, 6.45) is 3.85. The molecule has 128 valence electrons. The van der Waals surface area contributed by atoms with Gasteiger partial charge in [0, 0.05) is 16.8 Å². The average molecular weight is 329 g/mol. The lowest BCUT2D eigenvalue weighted by atomic mass is 9.77. The zero-order chi connectivity index (χ0) is 17.6. The van der Waals surface area contributed by atoms with E-state index in [0.29, 0.717) is 5.92 Å². The van der Waals surface area contributed by atoms with Crippen LogP contribution in [0.15, 0.2) is 42.5 Å². The predicted octanol–water partition coefficient (Wildman–Crippen LogP) is 6.95. The highest BCUT2D eigenvalue weighted by Gasteiger charge is 2.24. The van der Waals surface area contributed by atoms with Crippen molar-refractivity contribution in [2.24, 2.45) is 0 Å². The van der Waals surface area contributed by atoms with Gasteiger partial charge in [0.1, 0.15) is 0 Å². The Morgan fingerprint density at radius 3 is 2.48 bits per heavy atom. The van der Waals surface area contributed by atoms with Crippen LogP contribution in [-0.4, -0.2) is 0 Å². The molecular weight excluding hydrogens is 302 g/mol. The second-order valence-electron chi connectivity index (χ2n) is 7.59. The summed E-state index contributed by atoms with van der Waals surface area (Å²) >= 11 is 0. The van der Waals surface area contributed by atoms with E-state index in [9.17, 15) is 0 Å². The van der Waals surface area contributed by atoms with Crippen LogP contribution >= 0.6 is 0 Å². The van der Waals surface area contributed by atoms with E-state index in [1.54, 1.807) is 11.1 Å². The molecule has 25 heavy (non-hydrogen) atoms. The summed E-state index contributed by atoms with van der Waals surface area (Å²) in [5.74, 6) is 0.688. The highest BCUT2D eigenvalue weighted by Crippen LogP contribution is 2.42. The summed E-state index contributed by atoms with van der Waals surface area (Å²) in [6, 6.07) is 15.1. The standard InChI is InChI=1S/C24H27N/c1-15-9-7-13-20-18(4)24(17(3)16(2)23(15)20)25-22-14-8-11-19-10-5-6-12-21(19)22/h5-6,8,10-12,14-15,25H,7,9,13H2,1-4H3. The lowest BCUT2D eigenvalue weighted by Gasteiger charge is -2.30. The molecule has 0 saturated heterocycles. The molecule has 0 heterocycles. The van der Waals surface area contributed by atoms with Crippen LogP contribution in [0.3, 0.4) is 0 Å². The SMILES string of the molecule is Cc1c(C)c2c(c(C)c1Nc1cccc3ccccc13)CCCC2C. The van der Waals surface area contributed by atoms with Gasteiger partial charge in [-0.3, -0.25) is 0 Å². The summed E-state index contributed by atoms with van der Waals surface area (Å²) in [5, 5.41) is 6.36. The van der Waals surface area contributed by atoms with Crippen molar-refractivity contribution >= 4 is 22.1 Å². The smallest absolute Gasteiger partial charge is 0.0464 e. The van der Waals surface area contributed by atoms with Gasteiger partial charge >= 0.3 is 0 Å². The molecule has 0 amide bonds. The molecule has 0 radical (unpaired) electrons. The van der Waals surface area contributed by atoms with Crippen molar-refractivity contribution in [3.05, 3.63) is 70.3 Å². The van der Waals surface area contributed by atoms with Gasteiger partial charge in [0.05, 0.1) is 0 Å². The van der Waals surface area contributed by atoms with Crippen molar-refractivity contribution in [2.45, 2.75) is 52.9 Å². The van der Waals surface area contributed by atoms with Gasteiger partial charge in [-0.2, -0.15) is 0 Å². The highest BCUT2D eigenvalue weighted by atomic mass is 14.9. The maximum absolute atomic E-state index is 3.79. The summed E-state index contributed by atoms with van der Waals surface area (Å²) < 4.78 is 0. The van der Waals surface area contributed by atoms with Crippen molar-refractivity contribution in [3.63, 3.8) is 0 Å². The minimum atomic E-state index is 0.688. The number of anilines is 2. The van der Waals surface area contributed by atoms with Gasteiger partial charge in [0.2, 0.25) is 0 Å². The van der Waals surface area contributed by atoms with Gasteiger partial charge in [-0.15, -0.1) is 0 Å². The molecule has 3 aromatic carbocycles. The first kappa shape index (κ1) is 16.2. The predicted molar refractivity (Wildman–Crippen MR) is 109 cm³/mol. The highest BCUT2D eigenvalue weighted by molar-refractivity contribution is 5.96. The van der Waals surface area contributed by atoms with Gasteiger partial charge < -0.3 is 5.32 Å². The number of hydrogen-bond donors (Lipinski definition) is 1. The number of fused-ring (bicyclic) bond motifs is 2. The number of rotatable bonds is 2. The van der Waals surface area contributed by atoms with Crippen molar-refractivity contribution in [3.8, 4) is 0 Å². The quantitative estimate of drug-likeness (QED) is 0.536. The molecule has 0 aromatic heterocycles. The van der Waals surface area contributed by atoms with Gasteiger partial charge in [-0.05, 0) is 85.2 Å². The third-order valence-corrected chi connectivity index (χ3v) is 6.10. The number of benzene rings is 3. The van der Waals surface area contributed by atoms with Crippen molar-refractivity contribution < 1.29 is 0 Å². The van der Waals surface area contributed by atoms with Gasteiger partial charge in [0.25, 0.3) is 0 Å². The van der Waals surface area contributed by atoms with E-state index in [2.05, 4.69) is 75.5 Å². The topological polar surface area (TPSA) is 12.0 Å². The Morgan fingerprint density at radius 1 is 0.880 bits per heavy atom. The molecule has 0 bridgehead atoms. The van der Waals surface area contributed by atoms with Crippen LogP contribution in [0.5, 0.6) is 0 Å². The fourth-order valence-electron chi connectivity index (χ4n) is 4.63. The number of nitrogens with one attached hydrogen (secondary N) is 1. The molecule has 1 nitrogen and oxygen atoms in total. The summed E-state index contributed by atoms with van der Waals surface area (Å²) in [7, 11) is 0. The second-order valence-corrected chi connectivity index (χ2v) is 7.59. The fraction of sp³-hybridized carbons (Fsp3) is 0.333. The van der Waals surface area contributed by atoms with Gasteiger partial charge in [0.15, 0.2) is 0 Å². The maximum atomic E-state index is 3.79. The van der Waals surface area contributed by atoms with E-state index in [-0.39, 0.29) is 0 Å². The molecule has 0 aliphatic heterocycles. The molecule has 0 spiro atoms. The zero-order valence-electron chi connectivity index (χ0n) is 15.7. The van der Waals surface area contributed by atoms with E-state index in [1.165, 1.54) is 58.1 Å². The van der Waals surface area contributed by atoms with Crippen molar-refractivity contribution in [1.29, 1.82) is 0 Å². The Morgan fingerprint density at radius 2 is 1.64 bits per heavy atom. The average Bonchev–Trinajstić information content (AvgIpc) is 2.63. The molecule has 0 fully saturated rings. The summed E-state index contributed by atoms with van der Waals surface area (Å²) in [5.41, 5.74) is 10.0. The van der Waals surface area contributed by atoms with E-state index >= 15 is 0 Å². The van der Waals surface area contributed by atoms with Crippen LogP contribution in [0.1, 0.15) is 53.5 Å². The van der Waals surface area contributed by atoms with Crippen molar-refractivity contribution in [1.82, 2.24) is 0 Å².